The molecule has 3 heteroatoms. The highest BCUT2D eigenvalue weighted by atomic mass is 16.6. The average molecular weight is 271 g/mol. The molecular formula is C16H33NO2. The Bertz CT molecular complexity index is 279. The van der Waals surface area contributed by atoms with Crippen molar-refractivity contribution in [3.63, 3.8) is 0 Å². The molecule has 1 fully saturated rings. The van der Waals surface area contributed by atoms with Gasteiger partial charge in [0.1, 0.15) is 5.60 Å². The lowest BCUT2D eigenvalue weighted by Gasteiger charge is -2.33. The van der Waals surface area contributed by atoms with Gasteiger partial charge in [0, 0.05) is 12.1 Å². The fourth-order valence-corrected chi connectivity index (χ4v) is 2.63. The van der Waals surface area contributed by atoms with Crippen molar-refractivity contribution >= 4 is 6.09 Å². The highest BCUT2D eigenvalue weighted by molar-refractivity contribution is 5.69. The Morgan fingerprint density at radius 2 is 1.84 bits per heavy atom. The van der Waals surface area contributed by atoms with Crippen molar-refractivity contribution in [1.29, 1.82) is 0 Å². The van der Waals surface area contributed by atoms with E-state index in [2.05, 4.69) is 20.8 Å². The molecule has 114 valence electrons. The number of hydrogen-bond acceptors (Lipinski definition) is 2. The molecule has 0 aromatic carbocycles. The monoisotopic (exact) mass is 271 g/mol. The zero-order valence-electron chi connectivity index (χ0n) is 14.2. The number of carbonyl (C=O) groups is 1. The average Bonchev–Trinajstić information content (AvgIpc) is 2.54. The van der Waals surface area contributed by atoms with Crippen LogP contribution in [-0.2, 0) is 4.74 Å². The van der Waals surface area contributed by atoms with E-state index >= 15 is 0 Å². The minimum absolute atomic E-state index is 0.0673. The van der Waals surface area contributed by atoms with Gasteiger partial charge in [-0.2, -0.15) is 0 Å². The van der Waals surface area contributed by atoms with Gasteiger partial charge in [-0.05, 0) is 53.4 Å². The van der Waals surface area contributed by atoms with E-state index in [0.717, 1.165) is 13.0 Å². The van der Waals surface area contributed by atoms with Crippen LogP contribution in [0.5, 0.6) is 0 Å². The molecule has 1 rings (SSSR count). The van der Waals surface area contributed by atoms with Gasteiger partial charge in [0.2, 0.25) is 0 Å². The Labute approximate surface area is 119 Å². The molecule has 1 aliphatic rings. The predicted molar refractivity (Wildman–Crippen MR) is 81.4 cm³/mol. The van der Waals surface area contributed by atoms with Gasteiger partial charge in [0.25, 0.3) is 0 Å². The number of hydrogen-bond donors (Lipinski definition) is 0. The molecule has 1 unspecified atom stereocenters. The molecule has 0 N–H and O–H groups in total. The number of ether oxygens (including phenoxy) is 1. The van der Waals surface area contributed by atoms with E-state index in [1.165, 1.54) is 12.8 Å². The second-order valence-corrected chi connectivity index (χ2v) is 6.76. The predicted octanol–water partition coefficient (Wildman–Crippen LogP) is 4.85. The Hall–Kier alpha value is -0.730. The maximum absolute atomic E-state index is 12.1. The molecule has 0 spiro atoms. The van der Waals surface area contributed by atoms with Gasteiger partial charge in [-0.3, -0.25) is 0 Å². The van der Waals surface area contributed by atoms with Crippen LogP contribution in [0, 0.1) is 5.92 Å². The van der Waals surface area contributed by atoms with Crippen molar-refractivity contribution in [2.45, 2.75) is 85.8 Å². The Kier molecular flexibility index (Phi) is 6.88. The van der Waals surface area contributed by atoms with E-state index in [4.69, 9.17) is 4.74 Å². The summed E-state index contributed by atoms with van der Waals surface area (Å²) < 4.78 is 5.47. The molecule has 1 atom stereocenters. The number of carbonyl (C=O) groups excluding carboxylic acids is 1. The van der Waals surface area contributed by atoms with Crippen molar-refractivity contribution < 1.29 is 9.53 Å². The van der Waals surface area contributed by atoms with Crippen LogP contribution in [0.3, 0.4) is 0 Å². The SMILES string of the molecule is CC.CCCC1CN(C(=O)OC(C)(C)C)C(C)(C)C1. The first-order chi connectivity index (χ1) is 8.65. The minimum Gasteiger partial charge on any atom is -0.444 e. The Morgan fingerprint density at radius 3 is 2.26 bits per heavy atom. The maximum Gasteiger partial charge on any atom is 0.410 e. The first-order valence-corrected chi connectivity index (χ1v) is 7.66. The van der Waals surface area contributed by atoms with Crippen LogP contribution < -0.4 is 0 Å². The van der Waals surface area contributed by atoms with E-state index in [-0.39, 0.29) is 11.6 Å². The van der Waals surface area contributed by atoms with Crippen LogP contribution in [0.1, 0.15) is 74.7 Å². The van der Waals surface area contributed by atoms with Crippen molar-refractivity contribution in [3.8, 4) is 0 Å². The van der Waals surface area contributed by atoms with Gasteiger partial charge >= 0.3 is 6.09 Å². The van der Waals surface area contributed by atoms with Gasteiger partial charge < -0.3 is 9.64 Å². The normalized spacial score (nSPS) is 21.7. The van der Waals surface area contributed by atoms with Crippen LogP contribution >= 0.6 is 0 Å². The van der Waals surface area contributed by atoms with Crippen molar-refractivity contribution in [2.75, 3.05) is 6.54 Å². The van der Waals surface area contributed by atoms with Gasteiger partial charge in [-0.15, -0.1) is 0 Å². The second-order valence-electron chi connectivity index (χ2n) is 6.76. The molecule has 1 aliphatic heterocycles. The van der Waals surface area contributed by atoms with Crippen LogP contribution in [-0.4, -0.2) is 28.7 Å². The molecule has 0 saturated carbocycles. The molecule has 0 bridgehead atoms. The summed E-state index contributed by atoms with van der Waals surface area (Å²) in [5, 5.41) is 0. The summed E-state index contributed by atoms with van der Waals surface area (Å²) in [5.41, 5.74) is -0.474. The summed E-state index contributed by atoms with van der Waals surface area (Å²) in [6, 6.07) is 0. The molecule has 0 aromatic heterocycles. The fourth-order valence-electron chi connectivity index (χ4n) is 2.63. The third kappa shape index (κ3) is 5.84. The van der Waals surface area contributed by atoms with Crippen molar-refractivity contribution in [1.82, 2.24) is 4.90 Å². The fraction of sp³-hybridized carbons (Fsp3) is 0.938. The molecule has 0 radical (unpaired) electrons. The summed E-state index contributed by atoms with van der Waals surface area (Å²) in [4.78, 5) is 14.0. The van der Waals surface area contributed by atoms with Gasteiger partial charge in [-0.25, -0.2) is 4.79 Å². The first kappa shape index (κ1) is 18.3. The quantitative estimate of drug-likeness (QED) is 0.718. The van der Waals surface area contributed by atoms with Crippen LogP contribution in [0.2, 0.25) is 0 Å². The lowest BCUT2D eigenvalue weighted by molar-refractivity contribution is 0.0131. The van der Waals surface area contributed by atoms with Crippen molar-refractivity contribution in [3.05, 3.63) is 0 Å². The third-order valence-corrected chi connectivity index (χ3v) is 3.27. The summed E-state index contributed by atoms with van der Waals surface area (Å²) in [6.07, 6.45) is 3.30. The topological polar surface area (TPSA) is 29.5 Å². The standard InChI is InChI=1S/C14H27NO2.C2H6/c1-7-8-11-9-14(5,6)15(10-11)12(16)17-13(2,3)4;1-2/h11H,7-10H2,1-6H3;1-2H3. The maximum atomic E-state index is 12.1. The lowest BCUT2D eigenvalue weighted by atomic mass is 9.94. The minimum atomic E-state index is -0.407. The molecule has 0 aliphatic carbocycles. The molecule has 1 heterocycles. The van der Waals surface area contributed by atoms with E-state index in [0.29, 0.717) is 5.92 Å². The highest BCUT2D eigenvalue weighted by Gasteiger charge is 2.42. The van der Waals surface area contributed by atoms with Crippen molar-refractivity contribution in [2.24, 2.45) is 5.92 Å². The summed E-state index contributed by atoms with van der Waals surface area (Å²) in [7, 11) is 0. The smallest absolute Gasteiger partial charge is 0.410 e. The van der Waals surface area contributed by atoms with E-state index < -0.39 is 5.60 Å². The number of amides is 1. The highest BCUT2D eigenvalue weighted by Crippen LogP contribution is 2.35. The zero-order valence-corrected chi connectivity index (χ0v) is 14.2. The molecule has 3 nitrogen and oxygen atoms in total. The number of nitrogens with zero attached hydrogens (tertiary/aromatic N) is 1. The van der Waals surface area contributed by atoms with Crippen LogP contribution in [0.15, 0.2) is 0 Å². The summed E-state index contributed by atoms with van der Waals surface area (Å²) in [5.74, 6) is 0.627. The number of likely N-dealkylation sites (tertiary alicyclic amines) is 1. The molecular weight excluding hydrogens is 238 g/mol. The summed E-state index contributed by atoms with van der Waals surface area (Å²) in [6.45, 7) is 17.0. The summed E-state index contributed by atoms with van der Waals surface area (Å²) >= 11 is 0. The van der Waals surface area contributed by atoms with Gasteiger partial charge in [0.05, 0.1) is 0 Å². The lowest BCUT2D eigenvalue weighted by Crippen LogP contribution is -2.45. The van der Waals surface area contributed by atoms with Crippen LogP contribution in [0.25, 0.3) is 0 Å². The van der Waals surface area contributed by atoms with Crippen LogP contribution in [0.4, 0.5) is 4.79 Å². The molecule has 1 amide bonds. The zero-order chi connectivity index (χ0) is 15.3. The third-order valence-electron chi connectivity index (χ3n) is 3.27. The Morgan fingerprint density at radius 1 is 1.32 bits per heavy atom. The van der Waals surface area contributed by atoms with Gasteiger partial charge in [0.15, 0.2) is 0 Å². The van der Waals surface area contributed by atoms with E-state index in [1.54, 1.807) is 0 Å². The first-order valence-electron chi connectivity index (χ1n) is 7.66. The molecule has 19 heavy (non-hydrogen) atoms. The molecule has 1 saturated heterocycles. The van der Waals surface area contributed by atoms with Gasteiger partial charge in [-0.1, -0.05) is 27.2 Å². The van der Waals surface area contributed by atoms with E-state index in [1.807, 2.05) is 39.5 Å². The van der Waals surface area contributed by atoms with E-state index in [9.17, 15) is 4.79 Å². The Balaban J connectivity index is 0.00000154. The second kappa shape index (κ2) is 7.16. The molecule has 0 aromatic rings. The largest absolute Gasteiger partial charge is 0.444 e. The number of rotatable bonds is 2.